The monoisotopic (exact) mass is 275 g/mol. The molecular formula is C16H25N3O. The van der Waals surface area contributed by atoms with Crippen molar-refractivity contribution < 1.29 is 4.79 Å². The van der Waals surface area contributed by atoms with E-state index in [9.17, 15) is 4.79 Å². The summed E-state index contributed by atoms with van der Waals surface area (Å²) < 4.78 is 0. The van der Waals surface area contributed by atoms with E-state index in [1.165, 1.54) is 5.56 Å². The summed E-state index contributed by atoms with van der Waals surface area (Å²) in [6.45, 7) is 7.63. The van der Waals surface area contributed by atoms with Gasteiger partial charge >= 0.3 is 0 Å². The molecule has 4 heteroatoms. The largest absolute Gasteiger partial charge is 0.337 e. The highest BCUT2D eigenvalue weighted by molar-refractivity contribution is 5.77. The summed E-state index contributed by atoms with van der Waals surface area (Å²) in [6.07, 6.45) is 0.447. The molecule has 110 valence electrons. The van der Waals surface area contributed by atoms with Crippen LogP contribution in [0.25, 0.3) is 0 Å². The first-order valence-corrected chi connectivity index (χ1v) is 7.37. The van der Waals surface area contributed by atoms with Crippen molar-refractivity contribution in [2.75, 3.05) is 19.6 Å². The molecule has 0 aromatic heterocycles. The van der Waals surface area contributed by atoms with Gasteiger partial charge in [-0.15, -0.1) is 0 Å². The Balaban J connectivity index is 1.87. The second-order valence-corrected chi connectivity index (χ2v) is 5.84. The summed E-state index contributed by atoms with van der Waals surface area (Å²) >= 11 is 0. The number of nitrogens with zero attached hydrogens (tertiary/aromatic N) is 2. The van der Waals surface area contributed by atoms with Crippen LogP contribution in [0.3, 0.4) is 0 Å². The average Bonchev–Trinajstić information content (AvgIpc) is 2.39. The third-order valence-electron chi connectivity index (χ3n) is 3.78. The molecule has 2 N–H and O–H groups in total. The molecule has 0 radical (unpaired) electrons. The van der Waals surface area contributed by atoms with E-state index in [-0.39, 0.29) is 18.0 Å². The summed E-state index contributed by atoms with van der Waals surface area (Å²) in [5.74, 6) is 0.187. The first kappa shape index (κ1) is 15.0. The predicted octanol–water partition coefficient (Wildman–Crippen LogP) is 1.46. The van der Waals surface area contributed by atoms with Crippen LogP contribution >= 0.6 is 0 Å². The molecule has 1 aromatic carbocycles. The molecule has 1 fully saturated rings. The van der Waals surface area contributed by atoms with Gasteiger partial charge in [-0.1, -0.05) is 30.3 Å². The fraction of sp³-hybridized carbons (Fsp3) is 0.562. The molecular weight excluding hydrogens is 250 g/mol. The molecule has 1 aliphatic rings. The maximum Gasteiger partial charge on any atom is 0.224 e. The Morgan fingerprint density at radius 1 is 1.35 bits per heavy atom. The topological polar surface area (TPSA) is 49.6 Å². The lowest BCUT2D eigenvalue weighted by molar-refractivity contribution is -0.136. The second kappa shape index (κ2) is 6.86. The van der Waals surface area contributed by atoms with Gasteiger partial charge in [0.05, 0.1) is 0 Å². The standard InChI is InChI=1S/C16H25N3O/c1-13(17)10-16(20)19-9-8-18(11-14(19)2)12-15-6-4-3-5-7-15/h3-7,13-14H,8-12,17H2,1-2H3/t13?,14-/m1/s1. The number of benzene rings is 1. The van der Waals surface area contributed by atoms with E-state index in [1.807, 2.05) is 17.9 Å². The number of hydrogen-bond acceptors (Lipinski definition) is 3. The maximum absolute atomic E-state index is 12.1. The van der Waals surface area contributed by atoms with Crippen LogP contribution in [0.4, 0.5) is 0 Å². The van der Waals surface area contributed by atoms with Gasteiger partial charge in [-0.3, -0.25) is 9.69 Å². The second-order valence-electron chi connectivity index (χ2n) is 5.84. The fourth-order valence-corrected chi connectivity index (χ4v) is 2.78. The number of amides is 1. The summed E-state index contributed by atoms with van der Waals surface area (Å²) in [7, 11) is 0. The number of carbonyl (C=O) groups is 1. The van der Waals surface area contributed by atoms with Gasteiger partial charge < -0.3 is 10.6 Å². The van der Waals surface area contributed by atoms with E-state index in [1.54, 1.807) is 0 Å². The van der Waals surface area contributed by atoms with E-state index in [0.29, 0.717) is 6.42 Å². The van der Waals surface area contributed by atoms with Gasteiger partial charge in [-0.05, 0) is 19.4 Å². The van der Waals surface area contributed by atoms with Crippen molar-refractivity contribution in [3.8, 4) is 0 Å². The molecule has 2 atom stereocenters. The Morgan fingerprint density at radius 3 is 2.65 bits per heavy atom. The Labute approximate surface area is 121 Å². The van der Waals surface area contributed by atoms with Gasteiger partial charge in [0, 0.05) is 44.7 Å². The normalized spacial score (nSPS) is 21.8. The molecule has 0 bridgehead atoms. The van der Waals surface area contributed by atoms with Crippen LogP contribution in [-0.2, 0) is 11.3 Å². The van der Waals surface area contributed by atoms with Crippen LogP contribution in [0.15, 0.2) is 30.3 Å². The predicted molar refractivity (Wildman–Crippen MR) is 81.2 cm³/mol. The summed E-state index contributed by atoms with van der Waals surface area (Å²) in [5, 5.41) is 0. The van der Waals surface area contributed by atoms with E-state index >= 15 is 0 Å². The number of nitrogens with two attached hydrogens (primary N) is 1. The average molecular weight is 275 g/mol. The molecule has 0 aliphatic carbocycles. The van der Waals surface area contributed by atoms with E-state index in [0.717, 1.165) is 26.2 Å². The molecule has 0 spiro atoms. The minimum atomic E-state index is -0.0583. The maximum atomic E-state index is 12.1. The zero-order chi connectivity index (χ0) is 14.5. The minimum Gasteiger partial charge on any atom is -0.337 e. The molecule has 1 heterocycles. The Kier molecular flexibility index (Phi) is 5.15. The molecule has 4 nitrogen and oxygen atoms in total. The van der Waals surface area contributed by atoms with Gasteiger partial charge in [0.25, 0.3) is 0 Å². The van der Waals surface area contributed by atoms with Crippen LogP contribution in [0.2, 0.25) is 0 Å². The molecule has 2 rings (SSSR count). The summed E-state index contributed by atoms with van der Waals surface area (Å²) in [4.78, 5) is 16.5. The van der Waals surface area contributed by atoms with Crippen LogP contribution < -0.4 is 5.73 Å². The highest BCUT2D eigenvalue weighted by Gasteiger charge is 2.27. The third kappa shape index (κ3) is 4.05. The number of hydrogen-bond donors (Lipinski definition) is 1. The molecule has 1 saturated heterocycles. The lowest BCUT2D eigenvalue weighted by Gasteiger charge is -2.40. The minimum absolute atomic E-state index is 0.0583. The molecule has 1 amide bonds. The highest BCUT2D eigenvalue weighted by Crippen LogP contribution is 2.14. The van der Waals surface area contributed by atoms with Crippen molar-refractivity contribution in [1.82, 2.24) is 9.80 Å². The van der Waals surface area contributed by atoms with Crippen molar-refractivity contribution in [2.24, 2.45) is 5.73 Å². The van der Waals surface area contributed by atoms with Crippen molar-refractivity contribution in [3.05, 3.63) is 35.9 Å². The van der Waals surface area contributed by atoms with Crippen molar-refractivity contribution >= 4 is 5.91 Å². The van der Waals surface area contributed by atoms with Gasteiger partial charge in [0.2, 0.25) is 5.91 Å². The van der Waals surface area contributed by atoms with E-state index in [2.05, 4.69) is 36.1 Å². The Hall–Kier alpha value is -1.39. The molecule has 20 heavy (non-hydrogen) atoms. The van der Waals surface area contributed by atoms with Crippen LogP contribution in [0.1, 0.15) is 25.8 Å². The van der Waals surface area contributed by atoms with Crippen molar-refractivity contribution in [3.63, 3.8) is 0 Å². The molecule has 0 saturated carbocycles. The van der Waals surface area contributed by atoms with Crippen LogP contribution in [0, 0.1) is 0 Å². The third-order valence-corrected chi connectivity index (χ3v) is 3.78. The first-order valence-electron chi connectivity index (χ1n) is 7.37. The smallest absolute Gasteiger partial charge is 0.224 e. The van der Waals surface area contributed by atoms with Crippen LogP contribution in [0.5, 0.6) is 0 Å². The lowest BCUT2D eigenvalue weighted by Crippen LogP contribution is -2.54. The first-order chi connectivity index (χ1) is 9.56. The molecule has 1 aliphatic heterocycles. The number of rotatable bonds is 4. The Morgan fingerprint density at radius 2 is 2.05 bits per heavy atom. The van der Waals surface area contributed by atoms with Crippen molar-refractivity contribution in [2.45, 2.75) is 38.9 Å². The SMILES string of the molecule is CC(N)CC(=O)N1CCN(Cc2ccccc2)C[C@H]1C. The van der Waals surface area contributed by atoms with Gasteiger partial charge in [0.15, 0.2) is 0 Å². The fourth-order valence-electron chi connectivity index (χ4n) is 2.78. The van der Waals surface area contributed by atoms with E-state index in [4.69, 9.17) is 5.73 Å². The van der Waals surface area contributed by atoms with Gasteiger partial charge in [0.1, 0.15) is 0 Å². The quantitative estimate of drug-likeness (QED) is 0.905. The molecule has 1 aromatic rings. The summed E-state index contributed by atoms with van der Waals surface area (Å²) in [6, 6.07) is 10.7. The highest BCUT2D eigenvalue weighted by atomic mass is 16.2. The zero-order valence-corrected chi connectivity index (χ0v) is 12.5. The summed E-state index contributed by atoms with van der Waals surface area (Å²) in [5.41, 5.74) is 7.05. The molecule has 1 unspecified atom stereocenters. The Bertz CT molecular complexity index is 433. The lowest BCUT2D eigenvalue weighted by atomic mass is 10.1. The zero-order valence-electron chi connectivity index (χ0n) is 12.5. The van der Waals surface area contributed by atoms with Gasteiger partial charge in [-0.25, -0.2) is 0 Å². The van der Waals surface area contributed by atoms with Crippen molar-refractivity contribution in [1.29, 1.82) is 0 Å². The number of piperazine rings is 1. The van der Waals surface area contributed by atoms with Crippen LogP contribution in [-0.4, -0.2) is 47.4 Å². The number of carbonyl (C=O) groups excluding carboxylic acids is 1. The van der Waals surface area contributed by atoms with E-state index < -0.39 is 0 Å². The van der Waals surface area contributed by atoms with Gasteiger partial charge in [-0.2, -0.15) is 0 Å².